The van der Waals surface area contributed by atoms with E-state index in [4.69, 9.17) is 5.73 Å². The minimum atomic E-state index is 0.666. The molecular weight excluding hydrogens is 232 g/mol. The summed E-state index contributed by atoms with van der Waals surface area (Å²) in [6.07, 6.45) is 9.78. The highest BCUT2D eigenvalue weighted by atomic mass is 15.1. The molecule has 1 aliphatic carbocycles. The van der Waals surface area contributed by atoms with Gasteiger partial charge in [-0.15, -0.1) is 0 Å². The molecule has 1 fully saturated rings. The van der Waals surface area contributed by atoms with Crippen molar-refractivity contribution in [2.45, 2.75) is 31.7 Å². The average Bonchev–Trinajstić information content (AvgIpc) is 2.48. The maximum absolute atomic E-state index is 5.91. The van der Waals surface area contributed by atoms with Crippen LogP contribution in [0.1, 0.15) is 31.2 Å². The van der Waals surface area contributed by atoms with Crippen molar-refractivity contribution >= 4 is 6.08 Å². The molecule has 0 amide bonds. The Hall–Kier alpha value is -1.12. The Morgan fingerprint density at radius 2 is 1.95 bits per heavy atom. The van der Waals surface area contributed by atoms with E-state index in [1.54, 1.807) is 0 Å². The van der Waals surface area contributed by atoms with Crippen LogP contribution in [0.4, 0.5) is 0 Å². The van der Waals surface area contributed by atoms with Gasteiger partial charge in [0.15, 0.2) is 0 Å². The molecule has 2 nitrogen and oxygen atoms in total. The van der Waals surface area contributed by atoms with Gasteiger partial charge in [0.1, 0.15) is 0 Å². The van der Waals surface area contributed by atoms with Crippen LogP contribution in [0.15, 0.2) is 36.4 Å². The van der Waals surface area contributed by atoms with Crippen LogP contribution in [0.3, 0.4) is 0 Å². The molecule has 1 aliphatic rings. The van der Waals surface area contributed by atoms with E-state index in [1.165, 1.54) is 31.2 Å². The summed E-state index contributed by atoms with van der Waals surface area (Å²) in [5.41, 5.74) is 7.18. The summed E-state index contributed by atoms with van der Waals surface area (Å²) < 4.78 is 0. The summed E-state index contributed by atoms with van der Waals surface area (Å²) in [7, 11) is 2.23. The lowest BCUT2D eigenvalue weighted by Crippen LogP contribution is -2.43. The molecule has 2 rings (SSSR count). The molecule has 0 spiro atoms. The quantitative estimate of drug-likeness (QED) is 0.879. The molecule has 1 aromatic carbocycles. The van der Waals surface area contributed by atoms with E-state index in [-0.39, 0.29) is 0 Å². The maximum Gasteiger partial charge on any atom is 0.0166 e. The molecule has 0 bridgehead atoms. The first-order chi connectivity index (χ1) is 9.31. The van der Waals surface area contributed by atoms with Gasteiger partial charge in [-0.25, -0.2) is 0 Å². The van der Waals surface area contributed by atoms with Crippen molar-refractivity contribution in [1.82, 2.24) is 4.90 Å². The number of benzene rings is 1. The Labute approximate surface area is 117 Å². The fourth-order valence-electron chi connectivity index (χ4n) is 3.10. The topological polar surface area (TPSA) is 29.3 Å². The second kappa shape index (κ2) is 7.46. The van der Waals surface area contributed by atoms with Crippen molar-refractivity contribution in [3.05, 3.63) is 42.0 Å². The zero-order valence-electron chi connectivity index (χ0n) is 12.0. The van der Waals surface area contributed by atoms with Crippen LogP contribution in [-0.4, -0.2) is 31.1 Å². The van der Waals surface area contributed by atoms with E-state index < -0.39 is 0 Å². The number of rotatable bonds is 5. The third-order valence-corrected chi connectivity index (χ3v) is 4.24. The smallest absolute Gasteiger partial charge is 0.0166 e. The molecule has 0 radical (unpaired) electrons. The largest absolute Gasteiger partial charge is 0.330 e. The highest BCUT2D eigenvalue weighted by molar-refractivity contribution is 5.48. The molecular formula is C17H26N2. The summed E-state index contributed by atoms with van der Waals surface area (Å²) in [6.45, 7) is 1.84. The molecule has 1 aromatic rings. The van der Waals surface area contributed by atoms with Gasteiger partial charge in [-0.2, -0.15) is 0 Å². The summed E-state index contributed by atoms with van der Waals surface area (Å²) in [4.78, 5) is 2.47. The summed E-state index contributed by atoms with van der Waals surface area (Å²) >= 11 is 0. The molecule has 104 valence electrons. The zero-order chi connectivity index (χ0) is 13.5. The van der Waals surface area contributed by atoms with Crippen molar-refractivity contribution in [3.63, 3.8) is 0 Å². The van der Waals surface area contributed by atoms with Gasteiger partial charge in [-0.3, -0.25) is 4.90 Å². The van der Waals surface area contributed by atoms with E-state index >= 15 is 0 Å². The third-order valence-electron chi connectivity index (χ3n) is 4.24. The number of hydrogen-bond donors (Lipinski definition) is 1. The van der Waals surface area contributed by atoms with Crippen LogP contribution in [0, 0.1) is 5.92 Å². The highest BCUT2D eigenvalue weighted by Gasteiger charge is 2.26. The van der Waals surface area contributed by atoms with Crippen molar-refractivity contribution < 1.29 is 0 Å². The molecule has 1 saturated carbocycles. The molecule has 2 atom stereocenters. The van der Waals surface area contributed by atoms with E-state index in [0.29, 0.717) is 12.0 Å². The SMILES string of the molecule is CN(CC=Cc1ccccc1)C1CCCCC1CN. The van der Waals surface area contributed by atoms with Gasteiger partial charge in [0.05, 0.1) is 0 Å². The van der Waals surface area contributed by atoms with Gasteiger partial charge >= 0.3 is 0 Å². The molecule has 2 heteroatoms. The summed E-state index contributed by atoms with van der Waals surface area (Å²) in [5, 5.41) is 0. The number of nitrogens with zero attached hydrogens (tertiary/aromatic N) is 1. The highest BCUT2D eigenvalue weighted by Crippen LogP contribution is 2.27. The minimum Gasteiger partial charge on any atom is -0.330 e. The zero-order valence-corrected chi connectivity index (χ0v) is 12.0. The van der Waals surface area contributed by atoms with Crippen LogP contribution in [0.2, 0.25) is 0 Å². The first kappa shape index (κ1) is 14.3. The van der Waals surface area contributed by atoms with Crippen LogP contribution < -0.4 is 5.73 Å². The van der Waals surface area contributed by atoms with Crippen LogP contribution in [-0.2, 0) is 0 Å². The molecule has 0 aliphatic heterocycles. The fourth-order valence-corrected chi connectivity index (χ4v) is 3.10. The Morgan fingerprint density at radius 1 is 1.21 bits per heavy atom. The molecule has 0 saturated heterocycles. The Balaban J connectivity index is 1.86. The van der Waals surface area contributed by atoms with Crippen LogP contribution >= 0.6 is 0 Å². The molecule has 0 heterocycles. The van der Waals surface area contributed by atoms with Gasteiger partial charge in [-0.05, 0) is 37.9 Å². The van der Waals surface area contributed by atoms with E-state index in [9.17, 15) is 0 Å². The second-order valence-electron chi connectivity index (χ2n) is 5.60. The maximum atomic E-state index is 5.91. The average molecular weight is 258 g/mol. The standard InChI is InChI=1S/C17H26N2/c1-19(17-12-6-5-11-16(17)14-18)13-7-10-15-8-3-2-4-9-15/h2-4,7-10,16-17H,5-6,11-14,18H2,1H3. The number of likely N-dealkylation sites (N-methyl/N-ethyl adjacent to an activating group) is 1. The molecule has 2 unspecified atom stereocenters. The number of hydrogen-bond acceptors (Lipinski definition) is 2. The molecule has 2 N–H and O–H groups in total. The monoisotopic (exact) mass is 258 g/mol. The van der Waals surface area contributed by atoms with E-state index in [2.05, 4.69) is 54.4 Å². The van der Waals surface area contributed by atoms with E-state index in [1.807, 2.05) is 0 Å². The first-order valence-electron chi connectivity index (χ1n) is 7.43. The lowest BCUT2D eigenvalue weighted by atomic mass is 9.84. The second-order valence-corrected chi connectivity index (χ2v) is 5.60. The van der Waals surface area contributed by atoms with E-state index in [0.717, 1.165) is 13.1 Å². The summed E-state index contributed by atoms with van der Waals surface area (Å²) in [6, 6.07) is 11.2. The van der Waals surface area contributed by atoms with Gasteiger partial charge in [0.2, 0.25) is 0 Å². The van der Waals surface area contributed by atoms with Crippen molar-refractivity contribution in [2.75, 3.05) is 20.1 Å². The van der Waals surface area contributed by atoms with Gasteiger partial charge in [0, 0.05) is 12.6 Å². The Kier molecular flexibility index (Phi) is 5.62. The molecule has 19 heavy (non-hydrogen) atoms. The first-order valence-corrected chi connectivity index (χ1v) is 7.43. The predicted molar refractivity (Wildman–Crippen MR) is 82.9 cm³/mol. The third kappa shape index (κ3) is 4.19. The fraction of sp³-hybridized carbons (Fsp3) is 0.529. The lowest BCUT2D eigenvalue weighted by molar-refractivity contribution is 0.146. The minimum absolute atomic E-state index is 0.666. The predicted octanol–water partition coefficient (Wildman–Crippen LogP) is 3.15. The molecule has 0 aromatic heterocycles. The van der Waals surface area contributed by atoms with Gasteiger partial charge < -0.3 is 5.73 Å². The normalized spacial score (nSPS) is 24.2. The lowest BCUT2D eigenvalue weighted by Gasteiger charge is -2.37. The number of nitrogens with two attached hydrogens (primary N) is 1. The van der Waals surface area contributed by atoms with Crippen LogP contribution in [0.25, 0.3) is 6.08 Å². The van der Waals surface area contributed by atoms with Gasteiger partial charge in [0.25, 0.3) is 0 Å². The van der Waals surface area contributed by atoms with Crippen molar-refractivity contribution in [1.29, 1.82) is 0 Å². The van der Waals surface area contributed by atoms with Gasteiger partial charge in [-0.1, -0.05) is 55.3 Å². The summed E-state index contributed by atoms with van der Waals surface area (Å²) in [5.74, 6) is 0.684. The van der Waals surface area contributed by atoms with Crippen molar-refractivity contribution in [3.8, 4) is 0 Å². The Bertz CT molecular complexity index is 386. The van der Waals surface area contributed by atoms with Crippen LogP contribution in [0.5, 0.6) is 0 Å². The van der Waals surface area contributed by atoms with Crippen molar-refractivity contribution in [2.24, 2.45) is 11.7 Å². The Morgan fingerprint density at radius 3 is 2.68 bits per heavy atom.